The maximum absolute atomic E-state index is 10.8. The molecule has 76 valence electrons. The van der Waals surface area contributed by atoms with Gasteiger partial charge in [0.2, 0.25) is 0 Å². The molecule has 2 aliphatic rings. The summed E-state index contributed by atoms with van der Waals surface area (Å²) in [5.74, 6) is 0.572. The van der Waals surface area contributed by atoms with Gasteiger partial charge in [-0.05, 0) is 24.3 Å². The third-order valence-electron chi connectivity index (χ3n) is 1.92. The zero-order valence-corrected chi connectivity index (χ0v) is 8.78. The quantitative estimate of drug-likeness (QED) is 0.686. The van der Waals surface area contributed by atoms with E-state index in [0.717, 1.165) is 9.79 Å². The van der Waals surface area contributed by atoms with Crippen LogP contribution in [0.5, 0.6) is 0 Å². The fourth-order valence-electron chi connectivity index (χ4n) is 1.16. The number of nitrogen functional groups attached to an aromatic ring is 1. The molecule has 2 aromatic rings. The number of anilines is 1. The summed E-state index contributed by atoms with van der Waals surface area (Å²) < 4.78 is 10.8. The van der Waals surface area contributed by atoms with Gasteiger partial charge in [0.15, 0.2) is 9.79 Å². The van der Waals surface area contributed by atoms with Crippen molar-refractivity contribution in [3.8, 4) is 0 Å². The van der Waals surface area contributed by atoms with Crippen molar-refractivity contribution < 1.29 is 4.55 Å². The Morgan fingerprint density at radius 3 is 2.07 bits per heavy atom. The second-order valence-electron chi connectivity index (χ2n) is 3.00. The van der Waals surface area contributed by atoms with Gasteiger partial charge in [-0.3, -0.25) is 0 Å². The second kappa shape index (κ2) is 4.33. The van der Waals surface area contributed by atoms with Gasteiger partial charge in [0.05, 0.1) is 0 Å². The van der Waals surface area contributed by atoms with Crippen molar-refractivity contribution in [2.45, 2.75) is 9.79 Å². The maximum Gasteiger partial charge on any atom is 0.163 e. The number of hydrogen-bond acceptors (Lipinski definition) is 3. The van der Waals surface area contributed by atoms with Gasteiger partial charge >= 0.3 is 0 Å². The van der Waals surface area contributed by atoms with Crippen molar-refractivity contribution in [1.82, 2.24) is 4.98 Å². The molecule has 0 spiro atoms. The fourth-order valence-corrected chi connectivity index (χ4v) is 2.12. The van der Waals surface area contributed by atoms with Crippen molar-refractivity contribution in [1.29, 1.82) is 0 Å². The number of aromatic nitrogens is 1. The molecule has 0 atom stereocenters. The smallest absolute Gasteiger partial charge is 0.163 e. The van der Waals surface area contributed by atoms with Gasteiger partial charge < -0.3 is 10.3 Å². The molecule has 0 unspecified atom stereocenters. The van der Waals surface area contributed by atoms with E-state index in [9.17, 15) is 4.55 Å². The highest BCUT2D eigenvalue weighted by molar-refractivity contribution is 7.92. The number of fused-ring (bicyclic) bond motifs is 2. The highest BCUT2D eigenvalue weighted by Crippen LogP contribution is 2.30. The Kier molecular flexibility index (Phi) is 2.89. The van der Waals surface area contributed by atoms with Crippen molar-refractivity contribution in [3.63, 3.8) is 0 Å². The molecule has 2 bridgehead atoms. The Balaban J connectivity index is 0.000000115. The van der Waals surface area contributed by atoms with Crippen LogP contribution in [0.4, 0.5) is 5.82 Å². The Hall–Kier alpha value is -1.52. The van der Waals surface area contributed by atoms with Crippen LogP contribution in [0.15, 0.2) is 58.5 Å². The third-order valence-corrected chi connectivity index (χ3v) is 3.29. The molecule has 3 heterocycles. The molecule has 0 fully saturated rings. The summed E-state index contributed by atoms with van der Waals surface area (Å²) in [6, 6.07) is 13.0. The number of nitrogens with two attached hydrogens (primary N) is 1. The first-order valence-corrected chi connectivity index (χ1v) is 5.61. The van der Waals surface area contributed by atoms with E-state index in [1.807, 2.05) is 36.4 Å². The molecule has 0 radical (unpaired) electrons. The van der Waals surface area contributed by atoms with Gasteiger partial charge in [0.25, 0.3) is 0 Å². The average Bonchev–Trinajstić information content (AvgIpc) is 2.31. The lowest BCUT2D eigenvalue weighted by Crippen LogP contribution is -2.10. The van der Waals surface area contributed by atoms with Crippen LogP contribution < -0.4 is 5.73 Å². The highest BCUT2D eigenvalue weighted by Gasteiger charge is 2.25. The van der Waals surface area contributed by atoms with Crippen LogP contribution >= 0.6 is 0 Å². The predicted octanol–water partition coefficient (Wildman–Crippen LogP) is 1.83. The van der Waals surface area contributed by atoms with Crippen molar-refractivity contribution in [2.75, 3.05) is 5.73 Å². The molecule has 15 heavy (non-hydrogen) atoms. The summed E-state index contributed by atoms with van der Waals surface area (Å²) in [5, 5.41) is 0. The molecular weight excluding hydrogens is 208 g/mol. The Morgan fingerprint density at radius 1 is 1.07 bits per heavy atom. The molecule has 2 N–H and O–H groups in total. The van der Waals surface area contributed by atoms with Gasteiger partial charge in [0.1, 0.15) is 5.82 Å². The van der Waals surface area contributed by atoms with E-state index >= 15 is 0 Å². The van der Waals surface area contributed by atoms with Crippen molar-refractivity contribution in [3.05, 3.63) is 48.7 Å². The van der Waals surface area contributed by atoms with E-state index in [4.69, 9.17) is 5.73 Å². The second-order valence-corrected chi connectivity index (χ2v) is 4.48. The third kappa shape index (κ3) is 2.29. The van der Waals surface area contributed by atoms with E-state index < -0.39 is 11.2 Å². The van der Waals surface area contributed by atoms with E-state index in [1.54, 1.807) is 12.3 Å². The summed E-state index contributed by atoms with van der Waals surface area (Å²) in [5.41, 5.74) is 5.25. The number of rotatable bonds is 0. The highest BCUT2D eigenvalue weighted by atomic mass is 32.2. The normalized spacial score (nSPS) is 12.3. The van der Waals surface area contributed by atoms with Gasteiger partial charge in [0, 0.05) is 23.4 Å². The molecule has 0 saturated heterocycles. The number of pyridine rings is 1. The van der Waals surface area contributed by atoms with Gasteiger partial charge in [-0.25, -0.2) is 4.98 Å². The minimum Gasteiger partial charge on any atom is -0.606 e. The zero-order chi connectivity index (χ0) is 10.7. The standard InChI is InChI=1S/C6H4OS.C5H6N2/c7-8-5-2-1-3-6(8)4-5;6-5-3-1-2-4-7-5/h1-4H;1-4H,(H2,6,7). The average molecular weight is 218 g/mol. The molecule has 4 heteroatoms. The predicted molar refractivity (Wildman–Crippen MR) is 59.8 cm³/mol. The summed E-state index contributed by atoms with van der Waals surface area (Å²) in [4.78, 5) is 5.68. The molecule has 4 rings (SSSR count). The van der Waals surface area contributed by atoms with Crippen LogP contribution in [0.2, 0.25) is 0 Å². The largest absolute Gasteiger partial charge is 0.606 e. The minimum atomic E-state index is -0.752. The van der Waals surface area contributed by atoms with Crippen LogP contribution in [-0.2, 0) is 11.2 Å². The lowest BCUT2D eigenvalue weighted by molar-refractivity contribution is 0.587. The molecule has 1 aromatic heterocycles. The van der Waals surface area contributed by atoms with E-state index in [1.165, 1.54) is 0 Å². The number of benzene rings is 1. The summed E-state index contributed by atoms with van der Waals surface area (Å²) in [6.07, 6.45) is 1.66. The number of nitrogens with zero attached hydrogens (tertiary/aromatic N) is 1. The monoisotopic (exact) mass is 218 g/mol. The van der Waals surface area contributed by atoms with Crippen LogP contribution in [0.1, 0.15) is 0 Å². The van der Waals surface area contributed by atoms with Gasteiger partial charge in [-0.1, -0.05) is 12.1 Å². The molecule has 1 aromatic carbocycles. The van der Waals surface area contributed by atoms with Crippen LogP contribution in [0.25, 0.3) is 0 Å². The van der Waals surface area contributed by atoms with Gasteiger partial charge in [-0.2, -0.15) is 0 Å². The molecule has 0 saturated carbocycles. The fraction of sp³-hybridized carbons (Fsp3) is 0. The van der Waals surface area contributed by atoms with Crippen molar-refractivity contribution in [2.24, 2.45) is 0 Å². The van der Waals surface area contributed by atoms with Crippen LogP contribution in [0, 0.1) is 0 Å². The lowest BCUT2D eigenvalue weighted by Gasteiger charge is -2.16. The van der Waals surface area contributed by atoms with E-state index in [2.05, 4.69) is 4.98 Å². The van der Waals surface area contributed by atoms with Crippen molar-refractivity contribution >= 4 is 17.0 Å². The summed E-state index contributed by atoms with van der Waals surface area (Å²) in [7, 11) is 0. The number of hydrogen-bond donors (Lipinski definition) is 1. The molecule has 2 aliphatic heterocycles. The maximum atomic E-state index is 10.8. The Bertz CT molecular complexity index is 421. The first-order valence-electron chi connectivity index (χ1n) is 4.46. The van der Waals surface area contributed by atoms with Gasteiger partial charge in [-0.15, -0.1) is 0 Å². The first kappa shape index (κ1) is 10.0. The van der Waals surface area contributed by atoms with E-state index in [-0.39, 0.29) is 0 Å². The topological polar surface area (TPSA) is 62.0 Å². The molecule has 0 amide bonds. The first-order chi connectivity index (χ1) is 7.27. The Labute approximate surface area is 91.1 Å². The molecule has 3 nitrogen and oxygen atoms in total. The summed E-state index contributed by atoms with van der Waals surface area (Å²) in [6.45, 7) is 0. The zero-order valence-electron chi connectivity index (χ0n) is 7.96. The van der Waals surface area contributed by atoms with Crippen LogP contribution in [0.3, 0.4) is 0 Å². The van der Waals surface area contributed by atoms with E-state index in [0.29, 0.717) is 5.82 Å². The van der Waals surface area contributed by atoms with Crippen LogP contribution in [-0.4, -0.2) is 9.54 Å². The minimum absolute atomic E-state index is 0.572. The Morgan fingerprint density at radius 2 is 1.80 bits per heavy atom. The lowest BCUT2D eigenvalue weighted by atomic mass is 10.3. The summed E-state index contributed by atoms with van der Waals surface area (Å²) >= 11 is -0.752. The SMILES string of the molecule is Nc1ccccn1.[O-][S+]1c2cccc1c2. The molecule has 0 aliphatic carbocycles. The molecular formula is C11H10N2OS.